The molecule has 0 aliphatic heterocycles. The Morgan fingerprint density at radius 1 is 0.966 bits per heavy atom. The van der Waals surface area contributed by atoms with Crippen molar-refractivity contribution < 1.29 is 29.0 Å². The van der Waals surface area contributed by atoms with Gasteiger partial charge in [-0.1, -0.05) is 54.6 Å². The van der Waals surface area contributed by atoms with Crippen LogP contribution in [0.25, 0.3) is 0 Å². The number of alkyl carbamates (subject to hydrolysis) is 1. The Morgan fingerprint density at radius 2 is 1.55 bits per heavy atom. The number of aliphatic carboxylic acids is 1. The van der Waals surface area contributed by atoms with Gasteiger partial charge in [0, 0.05) is 11.1 Å². The van der Waals surface area contributed by atoms with Crippen LogP contribution in [0, 0.1) is 0 Å². The molecular weight excluding hydrogens is 374 g/mol. The average Bonchev–Trinajstić information content (AvgIpc) is 2.66. The molecule has 7 nitrogen and oxygen atoms in total. The van der Waals surface area contributed by atoms with E-state index in [0.717, 1.165) is 5.56 Å². The second-order valence-corrected chi connectivity index (χ2v) is 7.44. The number of benzene rings is 2. The summed E-state index contributed by atoms with van der Waals surface area (Å²) in [5.74, 6) is -1.30. The summed E-state index contributed by atoms with van der Waals surface area (Å²) in [7, 11) is 0. The van der Waals surface area contributed by atoms with Gasteiger partial charge in [0.1, 0.15) is 5.60 Å². The Morgan fingerprint density at radius 3 is 2.10 bits per heavy atom. The summed E-state index contributed by atoms with van der Waals surface area (Å²) in [6, 6.07) is 14.6. The number of rotatable bonds is 8. The number of ketones is 1. The van der Waals surface area contributed by atoms with Crippen molar-refractivity contribution in [1.29, 1.82) is 0 Å². The van der Waals surface area contributed by atoms with Crippen molar-refractivity contribution in [3.05, 3.63) is 71.3 Å². The number of carbonyl (C=O) groups is 3. The summed E-state index contributed by atoms with van der Waals surface area (Å²) in [5, 5.41) is 11.5. The van der Waals surface area contributed by atoms with E-state index in [2.05, 4.69) is 5.32 Å². The summed E-state index contributed by atoms with van der Waals surface area (Å²) >= 11 is 0. The maximum atomic E-state index is 12.4. The van der Waals surface area contributed by atoms with Crippen LogP contribution in [-0.4, -0.2) is 41.2 Å². The highest BCUT2D eigenvalue weighted by Crippen LogP contribution is 2.12. The second kappa shape index (κ2) is 9.84. The van der Waals surface area contributed by atoms with Crippen LogP contribution in [0.4, 0.5) is 4.79 Å². The Hall–Kier alpha value is -3.19. The molecular formula is C22H25NO6. The quantitative estimate of drug-likeness (QED) is 0.660. The summed E-state index contributed by atoms with van der Waals surface area (Å²) in [4.78, 5) is 35.4. The number of amides is 1. The van der Waals surface area contributed by atoms with Gasteiger partial charge in [0.05, 0.1) is 13.2 Å². The Labute approximate surface area is 169 Å². The van der Waals surface area contributed by atoms with E-state index in [1.807, 2.05) is 6.07 Å². The topological polar surface area (TPSA) is 102 Å². The smallest absolute Gasteiger partial charge is 0.408 e. The van der Waals surface area contributed by atoms with Gasteiger partial charge >= 0.3 is 12.1 Å². The lowest BCUT2D eigenvalue weighted by molar-refractivity contribution is -0.141. The molecule has 0 bridgehead atoms. The van der Waals surface area contributed by atoms with E-state index in [9.17, 15) is 19.5 Å². The van der Waals surface area contributed by atoms with Crippen molar-refractivity contribution in [2.75, 3.05) is 6.61 Å². The predicted octanol–water partition coefficient (Wildman–Crippen LogP) is 3.41. The van der Waals surface area contributed by atoms with Crippen molar-refractivity contribution in [1.82, 2.24) is 5.32 Å². The van der Waals surface area contributed by atoms with Gasteiger partial charge in [0.15, 0.2) is 11.8 Å². The number of ether oxygens (including phenoxy) is 2. The molecule has 2 aromatic carbocycles. The molecule has 2 N–H and O–H groups in total. The van der Waals surface area contributed by atoms with Gasteiger partial charge in [-0.25, -0.2) is 9.59 Å². The molecule has 0 aliphatic carbocycles. The summed E-state index contributed by atoms with van der Waals surface area (Å²) in [5.41, 5.74) is 1.20. The number of hydrogen-bond acceptors (Lipinski definition) is 5. The van der Waals surface area contributed by atoms with Crippen molar-refractivity contribution in [3.8, 4) is 0 Å². The minimum absolute atomic E-state index is 0.0782. The van der Waals surface area contributed by atoms with Crippen molar-refractivity contribution in [2.45, 2.75) is 39.0 Å². The first-order valence-corrected chi connectivity index (χ1v) is 9.14. The first kappa shape index (κ1) is 22.1. The first-order chi connectivity index (χ1) is 13.7. The number of hydrogen-bond donors (Lipinski definition) is 2. The lowest BCUT2D eigenvalue weighted by Gasteiger charge is -2.22. The zero-order valence-corrected chi connectivity index (χ0v) is 16.7. The third kappa shape index (κ3) is 7.38. The van der Waals surface area contributed by atoms with Gasteiger partial charge in [-0.3, -0.25) is 4.79 Å². The van der Waals surface area contributed by atoms with Gasteiger partial charge in [-0.15, -0.1) is 0 Å². The molecule has 154 valence electrons. The van der Waals surface area contributed by atoms with Crippen LogP contribution in [0.2, 0.25) is 0 Å². The highest BCUT2D eigenvalue weighted by molar-refractivity contribution is 6.08. The predicted molar refractivity (Wildman–Crippen MR) is 107 cm³/mol. The zero-order valence-electron chi connectivity index (χ0n) is 16.7. The summed E-state index contributed by atoms with van der Waals surface area (Å²) in [6.07, 6.45) is -0.822. The highest BCUT2D eigenvalue weighted by atomic mass is 16.6. The van der Waals surface area contributed by atoms with Crippen LogP contribution in [0.5, 0.6) is 0 Å². The number of carboxylic acid groups (broad SMARTS) is 1. The second-order valence-electron chi connectivity index (χ2n) is 7.44. The van der Waals surface area contributed by atoms with Crippen LogP contribution in [-0.2, 0) is 20.9 Å². The molecule has 0 radical (unpaired) electrons. The molecule has 29 heavy (non-hydrogen) atoms. The molecule has 1 atom stereocenters. The summed E-state index contributed by atoms with van der Waals surface area (Å²) < 4.78 is 10.5. The minimum Gasteiger partial charge on any atom is -0.480 e. The number of carboxylic acids is 1. The summed E-state index contributed by atoms with van der Waals surface area (Å²) in [6.45, 7) is 4.97. The Bertz CT molecular complexity index is 840. The van der Waals surface area contributed by atoms with Gasteiger partial charge < -0.3 is 19.9 Å². The Kier molecular flexibility index (Phi) is 7.50. The van der Waals surface area contributed by atoms with Crippen LogP contribution in [0.3, 0.4) is 0 Å². The van der Waals surface area contributed by atoms with E-state index in [1.54, 1.807) is 69.3 Å². The van der Waals surface area contributed by atoms with E-state index in [1.165, 1.54) is 0 Å². The molecule has 0 unspecified atom stereocenters. The average molecular weight is 399 g/mol. The molecule has 0 saturated carbocycles. The minimum atomic E-state index is -1.23. The third-order valence-electron chi connectivity index (χ3n) is 3.79. The molecule has 0 heterocycles. The molecule has 0 fully saturated rings. The molecule has 1 amide bonds. The fraction of sp³-hybridized carbons (Fsp3) is 0.318. The van der Waals surface area contributed by atoms with E-state index in [0.29, 0.717) is 11.1 Å². The standard InChI is InChI=1S/C22H25NO6/c1-22(2,3)29-21(27)23-18(20(25)26)14-28-13-15-9-11-17(12-10-15)19(24)16-7-5-4-6-8-16/h4-12,18H,13-14H2,1-3H3,(H,23,27)(H,25,26)/t18-/m1/s1. The first-order valence-electron chi connectivity index (χ1n) is 9.14. The molecule has 2 aromatic rings. The zero-order chi connectivity index (χ0) is 21.4. The van der Waals surface area contributed by atoms with Crippen molar-refractivity contribution in [3.63, 3.8) is 0 Å². The van der Waals surface area contributed by atoms with E-state index >= 15 is 0 Å². The molecule has 0 spiro atoms. The fourth-order valence-electron chi connectivity index (χ4n) is 2.43. The van der Waals surface area contributed by atoms with E-state index in [4.69, 9.17) is 9.47 Å². The molecule has 0 aliphatic rings. The maximum Gasteiger partial charge on any atom is 0.408 e. The van der Waals surface area contributed by atoms with E-state index < -0.39 is 23.7 Å². The molecule has 7 heteroatoms. The molecule has 0 saturated heterocycles. The van der Waals surface area contributed by atoms with Crippen molar-refractivity contribution in [2.24, 2.45) is 0 Å². The lowest BCUT2D eigenvalue weighted by Crippen LogP contribution is -2.46. The van der Waals surface area contributed by atoms with Crippen LogP contribution in [0.15, 0.2) is 54.6 Å². The van der Waals surface area contributed by atoms with E-state index in [-0.39, 0.29) is 19.0 Å². The highest BCUT2D eigenvalue weighted by Gasteiger charge is 2.24. The van der Waals surface area contributed by atoms with Gasteiger partial charge in [0.2, 0.25) is 0 Å². The molecule has 0 aromatic heterocycles. The van der Waals surface area contributed by atoms with Crippen LogP contribution >= 0.6 is 0 Å². The van der Waals surface area contributed by atoms with Gasteiger partial charge in [-0.2, -0.15) is 0 Å². The maximum absolute atomic E-state index is 12.4. The Balaban J connectivity index is 1.87. The fourth-order valence-corrected chi connectivity index (χ4v) is 2.43. The lowest BCUT2D eigenvalue weighted by atomic mass is 10.0. The normalized spacial score (nSPS) is 12.1. The number of carbonyl (C=O) groups excluding carboxylic acids is 2. The van der Waals surface area contributed by atoms with Crippen LogP contribution in [0.1, 0.15) is 42.3 Å². The van der Waals surface area contributed by atoms with Gasteiger partial charge in [0.25, 0.3) is 0 Å². The number of nitrogens with one attached hydrogen (secondary N) is 1. The van der Waals surface area contributed by atoms with Crippen LogP contribution < -0.4 is 5.32 Å². The van der Waals surface area contributed by atoms with Crippen molar-refractivity contribution >= 4 is 17.8 Å². The largest absolute Gasteiger partial charge is 0.480 e. The third-order valence-corrected chi connectivity index (χ3v) is 3.79. The monoisotopic (exact) mass is 399 g/mol. The van der Waals surface area contributed by atoms with Gasteiger partial charge in [-0.05, 0) is 26.3 Å². The SMILES string of the molecule is CC(C)(C)OC(=O)N[C@H](COCc1ccc(C(=O)c2ccccc2)cc1)C(=O)O. The molecule has 2 rings (SSSR count).